The minimum absolute atomic E-state index is 0.0797. The molecular formula is C22H29Cl2N4O3S+. The number of amides is 1. The Morgan fingerprint density at radius 3 is 2.38 bits per heavy atom. The van der Waals surface area contributed by atoms with Gasteiger partial charge in [0.2, 0.25) is 10.0 Å². The second kappa shape index (κ2) is 10.4. The van der Waals surface area contributed by atoms with Gasteiger partial charge < -0.3 is 15.1 Å². The lowest BCUT2D eigenvalue weighted by molar-refractivity contribution is -0.880. The van der Waals surface area contributed by atoms with Gasteiger partial charge in [-0.25, -0.2) is 8.42 Å². The zero-order chi connectivity index (χ0) is 23.5. The lowest BCUT2D eigenvalue weighted by atomic mass is 10.1. The Kier molecular flexibility index (Phi) is 8.06. The molecule has 10 heteroatoms. The highest BCUT2D eigenvalue weighted by Crippen LogP contribution is 2.31. The standard InChI is InChI=1S/C22H28Cl2N4O3S/c1-4-28(5-2)32(30,31)21-14-16(6-8-18(21)24)22(29)25-19-15-17(23)7-9-20(19)27-12-10-26(3)11-13-27/h6-9,14-15H,4-5,10-13H2,1-3H3,(H,25,29)/p+1. The van der Waals surface area contributed by atoms with Crippen molar-refractivity contribution in [2.24, 2.45) is 0 Å². The molecule has 1 fully saturated rings. The fraction of sp³-hybridized carbons (Fsp3) is 0.409. The van der Waals surface area contributed by atoms with Crippen LogP contribution < -0.4 is 15.1 Å². The summed E-state index contributed by atoms with van der Waals surface area (Å²) in [4.78, 5) is 16.7. The maximum Gasteiger partial charge on any atom is 0.255 e. The van der Waals surface area contributed by atoms with Crippen LogP contribution in [0, 0.1) is 0 Å². The van der Waals surface area contributed by atoms with Crippen molar-refractivity contribution < 1.29 is 18.1 Å². The van der Waals surface area contributed by atoms with Crippen molar-refractivity contribution in [1.82, 2.24) is 4.31 Å². The number of piperazine rings is 1. The molecule has 1 saturated heterocycles. The topological polar surface area (TPSA) is 74.2 Å². The summed E-state index contributed by atoms with van der Waals surface area (Å²) >= 11 is 12.4. The molecule has 2 aromatic rings. The van der Waals surface area contributed by atoms with Crippen LogP contribution in [0.2, 0.25) is 10.0 Å². The van der Waals surface area contributed by atoms with Crippen molar-refractivity contribution in [1.29, 1.82) is 0 Å². The average Bonchev–Trinajstić information content (AvgIpc) is 2.75. The highest BCUT2D eigenvalue weighted by Gasteiger charge is 2.26. The summed E-state index contributed by atoms with van der Waals surface area (Å²) in [6.07, 6.45) is 0. The van der Waals surface area contributed by atoms with Crippen LogP contribution in [0.3, 0.4) is 0 Å². The van der Waals surface area contributed by atoms with Crippen LogP contribution in [0.1, 0.15) is 24.2 Å². The minimum Gasteiger partial charge on any atom is -0.359 e. The first-order valence-corrected chi connectivity index (χ1v) is 12.8. The SMILES string of the molecule is CCN(CC)S(=O)(=O)c1cc(C(=O)Nc2cc(Cl)ccc2N2CC[NH+](C)CC2)ccc1Cl. The van der Waals surface area contributed by atoms with Crippen molar-refractivity contribution in [2.45, 2.75) is 18.7 Å². The van der Waals surface area contributed by atoms with E-state index in [1.54, 1.807) is 26.0 Å². The zero-order valence-electron chi connectivity index (χ0n) is 18.5. The van der Waals surface area contributed by atoms with Gasteiger partial charge in [0.1, 0.15) is 4.90 Å². The van der Waals surface area contributed by atoms with E-state index in [-0.39, 0.29) is 15.5 Å². The third-order valence-electron chi connectivity index (χ3n) is 5.68. The first kappa shape index (κ1) is 24.8. The number of benzene rings is 2. The number of halogens is 2. The molecule has 0 unspecified atom stereocenters. The van der Waals surface area contributed by atoms with Crippen molar-refractivity contribution >= 4 is 50.5 Å². The van der Waals surface area contributed by atoms with E-state index in [4.69, 9.17) is 23.2 Å². The number of likely N-dealkylation sites (N-methyl/N-ethyl adjacent to an activating group) is 1. The quantitative estimate of drug-likeness (QED) is 0.613. The molecule has 3 rings (SSSR count). The van der Waals surface area contributed by atoms with Gasteiger partial charge in [-0.15, -0.1) is 0 Å². The minimum atomic E-state index is -3.81. The van der Waals surface area contributed by atoms with E-state index in [0.29, 0.717) is 23.8 Å². The lowest BCUT2D eigenvalue weighted by Crippen LogP contribution is -3.12. The van der Waals surface area contributed by atoms with Crippen LogP contribution in [0.5, 0.6) is 0 Å². The summed E-state index contributed by atoms with van der Waals surface area (Å²) in [5.74, 6) is -0.430. The summed E-state index contributed by atoms with van der Waals surface area (Å²) in [5.41, 5.74) is 1.68. The summed E-state index contributed by atoms with van der Waals surface area (Å²) in [7, 11) is -1.65. The number of nitrogens with one attached hydrogen (secondary N) is 2. The number of sulfonamides is 1. The molecule has 0 radical (unpaired) electrons. The Balaban J connectivity index is 1.91. The Bertz CT molecular complexity index is 1080. The molecule has 0 saturated carbocycles. The zero-order valence-corrected chi connectivity index (χ0v) is 20.8. The van der Waals surface area contributed by atoms with Gasteiger partial charge >= 0.3 is 0 Å². The number of anilines is 2. The summed E-state index contributed by atoms with van der Waals surface area (Å²) in [6, 6.07) is 9.70. The average molecular weight is 500 g/mol. The number of rotatable bonds is 7. The maximum absolute atomic E-state index is 13.1. The van der Waals surface area contributed by atoms with Crippen molar-refractivity contribution in [2.75, 3.05) is 56.5 Å². The predicted molar refractivity (Wildman–Crippen MR) is 130 cm³/mol. The molecule has 0 aromatic heterocycles. The number of nitrogens with zero attached hydrogens (tertiary/aromatic N) is 2. The Morgan fingerprint density at radius 1 is 1.09 bits per heavy atom. The monoisotopic (exact) mass is 499 g/mol. The molecule has 2 aromatic carbocycles. The third-order valence-corrected chi connectivity index (χ3v) is 8.45. The Hall–Kier alpha value is -1.84. The molecule has 0 spiro atoms. The van der Waals surface area contributed by atoms with E-state index in [1.165, 1.54) is 27.4 Å². The number of carbonyl (C=O) groups is 1. The number of quaternary nitrogens is 1. The molecule has 0 bridgehead atoms. The van der Waals surface area contributed by atoms with Gasteiger partial charge in [-0.2, -0.15) is 4.31 Å². The molecule has 1 heterocycles. The highest BCUT2D eigenvalue weighted by molar-refractivity contribution is 7.89. The van der Waals surface area contributed by atoms with Crippen molar-refractivity contribution in [3.8, 4) is 0 Å². The Morgan fingerprint density at radius 2 is 1.75 bits per heavy atom. The molecule has 32 heavy (non-hydrogen) atoms. The van der Waals surface area contributed by atoms with E-state index in [1.807, 2.05) is 6.07 Å². The normalized spacial score (nSPS) is 15.2. The second-order valence-electron chi connectivity index (χ2n) is 7.79. The van der Waals surface area contributed by atoms with Gasteiger partial charge in [0, 0.05) is 23.7 Å². The van der Waals surface area contributed by atoms with Crippen LogP contribution in [-0.4, -0.2) is 64.9 Å². The van der Waals surface area contributed by atoms with E-state index in [0.717, 1.165) is 31.9 Å². The maximum atomic E-state index is 13.1. The van der Waals surface area contributed by atoms with Crippen LogP contribution in [0.25, 0.3) is 0 Å². The molecule has 0 aliphatic carbocycles. The van der Waals surface area contributed by atoms with Gasteiger partial charge in [0.25, 0.3) is 5.91 Å². The molecule has 1 aliphatic heterocycles. The first-order chi connectivity index (χ1) is 15.2. The Labute approximate surface area is 199 Å². The summed E-state index contributed by atoms with van der Waals surface area (Å²) in [5, 5.41) is 3.49. The van der Waals surface area contributed by atoms with Crippen LogP contribution in [-0.2, 0) is 10.0 Å². The van der Waals surface area contributed by atoms with Crippen molar-refractivity contribution in [3.05, 3.63) is 52.0 Å². The fourth-order valence-corrected chi connectivity index (χ4v) is 5.88. The van der Waals surface area contributed by atoms with Crippen LogP contribution >= 0.6 is 23.2 Å². The van der Waals surface area contributed by atoms with E-state index < -0.39 is 15.9 Å². The van der Waals surface area contributed by atoms with Crippen molar-refractivity contribution in [3.63, 3.8) is 0 Å². The fourth-order valence-electron chi connectivity index (χ4n) is 3.75. The van der Waals surface area contributed by atoms with E-state index >= 15 is 0 Å². The summed E-state index contributed by atoms with van der Waals surface area (Å²) in [6.45, 7) is 7.86. The molecule has 1 amide bonds. The first-order valence-electron chi connectivity index (χ1n) is 10.6. The third kappa shape index (κ3) is 5.38. The number of hydrogen-bond donors (Lipinski definition) is 2. The second-order valence-corrected chi connectivity index (χ2v) is 10.5. The molecule has 174 valence electrons. The lowest BCUT2D eigenvalue weighted by Gasteiger charge is -2.33. The van der Waals surface area contributed by atoms with Crippen LogP contribution in [0.15, 0.2) is 41.3 Å². The van der Waals surface area contributed by atoms with Gasteiger partial charge in [0.05, 0.1) is 49.6 Å². The number of hydrogen-bond acceptors (Lipinski definition) is 4. The largest absolute Gasteiger partial charge is 0.359 e. The molecular weight excluding hydrogens is 471 g/mol. The van der Waals surface area contributed by atoms with Gasteiger partial charge in [-0.3, -0.25) is 4.79 Å². The molecule has 0 atom stereocenters. The van der Waals surface area contributed by atoms with Gasteiger partial charge in [0.15, 0.2) is 0 Å². The van der Waals surface area contributed by atoms with Gasteiger partial charge in [-0.05, 0) is 36.4 Å². The van der Waals surface area contributed by atoms with Crippen LogP contribution in [0.4, 0.5) is 11.4 Å². The summed E-state index contributed by atoms with van der Waals surface area (Å²) < 4.78 is 27.2. The molecule has 7 nitrogen and oxygen atoms in total. The van der Waals surface area contributed by atoms with E-state index in [2.05, 4.69) is 17.3 Å². The molecule has 1 aliphatic rings. The van der Waals surface area contributed by atoms with Gasteiger partial charge in [-0.1, -0.05) is 37.0 Å². The predicted octanol–water partition coefficient (Wildman–Crippen LogP) is 2.61. The molecule has 2 N–H and O–H groups in total. The van der Waals surface area contributed by atoms with E-state index in [9.17, 15) is 13.2 Å². The highest BCUT2D eigenvalue weighted by atomic mass is 35.5. The smallest absolute Gasteiger partial charge is 0.255 e. The number of carbonyl (C=O) groups excluding carboxylic acids is 1.